The van der Waals surface area contributed by atoms with E-state index in [1.54, 1.807) is 17.5 Å². The Morgan fingerprint density at radius 2 is 2.11 bits per heavy atom. The van der Waals surface area contributed by atoms with Crippen molar-refractivity contribution in [2.75, 3.05) is 43.5 Å². The number of hydrogen-bond donors (Lipinski definition) is 1. The molecule has 1 aromatic carbocycles. The van der Waals surface area contributed by atoms with Crippen LogP contribution in [-0.4, -0.2) is 49.6 Å². The van der Waals surface area contributed by atoms with E-state index in [1.807, 2.05) is 43.3 Å². The number of nitrogens with one attached hydrogen (secondary N) is 1. The van der Waals surface area contributed by atoms with Crippen LogP contribution in [-0.2, 0) is 6.42 Å². The van der Waals surface area contributed by atoms with E-state index in [9.17, 15) is 4.79 Å². The van der Waals surface area contributed by atoms with Crippen LogP contribution in [0.5, 0.6) is 5.75 Å². The monoisotopic (exact) mass is 493 g/mol. The quantitative estimate of drug-likeness (QED) is 0.375. The fourth-order valence-electron chi connectivity index (χ4n) is 4.27. The van der Waals surface area contributed by atoms with Gasteiger partial charge in [-0.25, -0.2) is 9.97 Å². The van der Waals surface area contributed by atoms with Crippen LogP contribution in [0.15, 0.2) is 47.3 Å². The predicted octanol–water partition coefficient (Wildman–Crippen LogP) is 5.10. The van der Waals surface area contributed by atoms with E-state index in [0.717, 1.165) is 61.7 Å². The number of benzene rings is 1. The zero-order valence-corrected chi connectivity index (χ0v) is 21.7. The zero-order valence-electron chi connectivity index (χ0n) is 20.9. The summed E-state index contributed by atoms with van der Waals surface area (Å²) in [6.07, 6.45) is 6.73. The van der Waals surface area contributed by atoms with Gasteiger partial charge in [-0.2, -0.15) is 11.3 Å². The number of hydrogen-bond acceptors (Lipinski definition) is 7. The van der Waals surface area contributed by atoms with Crippen molar-refractivity contribution in [1.29, 1.82) is 0 Å². The molecule has 4 rings (SSSR count). The fraction of sp³-hybridized carbons (Fsp3) is 0.444. The molecule has 8 heteroatoms. The summed E-state index contributed by atoms with van der Waals surface area (Å²) < 4.78 is 6.41. The molecule has 1 atom stereocenters. The standard InChI is InChI=1S/C27H35N5O2S/c1-4-5-6-10-25-29-18-23-26(30-25)31(3)14-15-32(27(23)33)21-8-7-9-22(17-21)34-24(11-13-28-2)20-12-16-35-19-20/h7-9,12,16-19,24,28H,4-6,10-11,13-15H2,1-3H3. The Kier molecular flexibility index (Phi) is 8.71. The van der Waals surface area contributed by atoms with Crippen molar-refractivity contribution in [3.63, 3.8) is 0 Å². The molecule has 0 fully saturated rings. The second kappa shape index (κ2) is 12.1. The second-order valence-electron chi connectivity index (χ2n) is 8.91. The highest BCUT2D eigenvalue weighted by Crippen LogP contribution is 2.31. The SMILES string of the molecule is CCCCCc1ncc2c(n1)N(C)CCN(c1cccc(OC(CCNC)c3ccsc3)c1)C2=O. The first-order valence-electron chi connectivity index (χ1n) is 12.4. The van der Waals surface area contributed by atoms with Crippen molar-refractivity contribution in [3.8, 4) is 5.75 Å². The van der Waals surface area contributed by atoms with Crippen LogP contribution in [0, 0.1) is 0 Å². The summed E-state index contributed by atoms with van der Waals surface area (Å²) in [7, 11) is 3.94. The molecule has 7 nitrogen and oxygen atoms in total. The summed E-state index contributed by atoms with van der Waals surface area (Å²) in [5, 5.41) is 7.41. The summed E-state index contributed by atoms with van der Waals surface area (Å²) in [5.41, 5.74) is 2.53. The van der Waals surface area contributed by atoms with Crippen molar-refractivity contribution >= 4 is 28.7 Å². The third-order valence-electron chi connectivity index (χ3n) is 6.30. The Morgan fingerprint density at radius 3 is 2.89 bits per heavy atom. The van der Waals surface area contributed by atoms with Gasteiger partial charge in [0.05, 0.1) is 0 Å². The van der Waals surface area contributed by atoms with Crippen molar-refractivity contribution in [1.82, 2.24) is 15.3 Å². The van der Waals surface area contributed by atoms with Gasteiger partial charge < -0.3 is 19.9 Å². The summed E-state index contributed by atoms with van der Waals surface area (Å²) in [5.74, 6) is 2.20. The minimum Gasteiger partial charge on any atom is -0.486 e. The minimum atomic E-state index is -0.0776. The number of ether oxygens (including phenoxy) is 1. The molecule has 186 valence electrons. The van der Waals surface area contributed by atoms with Crippen molar-refractivity contribution in [2.45, 2.75) is 45.1 Å². The molecule has 2 aromatic heterocycles. The molecule has 0 aliphatic carbocycles. The number of amides is 1. The van der Waals surface area contributed by atoms with Crippen LogP contribution in [0.2, 0.25) is 0 Å². The Morgan fingerprint density at radius 1 is 1.23 bits per heavy atom. The summed E-state index contributed by atoms with van der Waals surface area (Å²) in [6, 6.07) is 9.93. The lowest BCUT2D eigenvalue weighted by Crippen LogP contribution is -2.33. The molecule has 3 aromatic rings. The Balaban J connectivity index is 1.55. The number of rotatable bonds is 11. The number of unbranched alkanes of at least 4 members (excludes halogenated alkanes) is 2. The van der Waals surface area contributed by atoms with Crippen molar-refractivity contribution in [2.24, 2.45) is 0 Å². The van der Waals surface area contributed by atoms with E-state index in [4.69, 9.17) is 9.72 Å². The van der Waals surface area contributed by atoms with E-state index in [2.05, 4.69) is 39.0 Å². The van der Waals surface area contributed by atoms with Crippen molar-refractivity contribution < 1.29 is 9.53 Å². The number of carbonyl (C=O) groups excluding carboxylic acids is 1. The van der Waals surface area contributed by atoms with E-state index in [1.165, 1.54) is 5.56 Å². The number of aryl methyl sites for hydroxylation is 1. The zero-order chi connectivity index (χ0) is 24.6. The van der Waals surface area contributed by atoms with Crippen molar-refractivity contribution in [3.05, 3.63) is 64.2 Å². The number of thiophene rings is 1. The Bertz CT molecular complexity index is 1100. The van der Waals surface area contributed by atoms with E-state index in [0.29, 0.717) is 18.7 Å². The Hall–Kier alpha value is -2.97. The number of aromatic nitrogens is 2. The van der Waals surface area contributed by atoms with Gasteiger partial charge in [0.2, 0.25) is 0 Å². The molecule has 1 N–H and O–H groups in total. The fourth-order valence-corrected chi connectivity index (χ4v) is 4.97. The van der Waals surface area contributed by atoms with Crippen LogP contribution >= 0.6 is 11.3 Å². The average Bonchev–Trinajstić information content (AvgIpc) is 3.38. The van der Waals surface area contributed by atoms with Gasteiger partial charge in [0.15, 0.2) is 0 Å². The smallest absolute Gasteiger partial charge is 0.263 e. The third kappa shape index (κ3) is 6.18. The van der Waals surface area contributed by atoms with Gasteiger partial charge >= 0.3 is 0 Å². The highest BCUT2D eigenvalue weighted by atomic mass is 32.1. The van der Waals surface area contributed by atoms with Crippen LogP contribution in [0.25, 0.3) is 0 Å². The highest BCUT2D eigenvalue weighted by Gasteiger charge is 2.28. The molecular formula is C27H35N5O2S. The lowest BCUT2D eigenvalue weighted by molar-refractivity contribution is 0.0989. The summed E-state index contributed by atoms with van der Waals surface area (Å²) >= 11 is 1.67. The van der Waals surface area contributed by atoms with Gasteiger partial charge in [-0.05, 0) is 49.0 Å². The molecule has 0 bridgehead atoms. The van der Waals surface area contributed by atoms with Gasteiger partial charge in [-0.15, -0.1) is 0 Å². The van der Waals surface area contributed by atoms with Gasteiger partial charge in [0, 0.05) is 56.5 Å². The van der Waals surface area contributed by atoms with Gasteiger partial charge in [-0.1, -0.05) is 25.8 Å². The first kappa shape index (κ1) is 25.1. The highest BCUT2D eigenvalue weighted by molar-refractivity contribution is 7.07. The Labute approximate surface area is 212 Å². The lowest BCUT2D eigenvalue weighted by Gasteiger charge is -2.23. The average molecular weight is 494 g/mol. The van der Waals surface area contributed by atoms with Gasteiger partial charge in [0.25, 0.3) is 5.91 Å². The molecule has 1 unspecified atom stereocenters. The van der Waals surface area contributed by atoms with E-state index >= 15 is 0 Å². The number of anilines is 2. The first-order valence-corrected chi connectivity index (χ1v) is 13.4. The maximum atomic E-state index is 13.6. The van der Waals surface area contributed by atoms with Crippen LogP contribution in [0.3, 0.4) is 0 Å². The van der Waals surface area contributed by atoms with Crippen LogP contribution < -0.4 is 19.9 Å². The molecule has 1 amide bonds. The number of nitrogens with zero attached hydrogens (tertiary/aromatic N) is 4. The maximum Gasteiger partial charge on any atom is 0.263 e. The van der Waals surface area contributed by atoms with Crippen LogP contribution in [0.4, 0.5) is 11.5 Å². The lowest BCUT2D eigenvalue weighted by atomic mass is 10.1. The van der Waals surface area contributed by atoms with E-state index in [-0.39, 0.29) is 12.0 Å². The first-order chi connectivity index (χ1) is 17.1. The third-order valence-corrected chi connectivity index (χ3v) is 7.00. The number of likely N-dealkylation sites (N-methyl/N-ethyl adjacent to an activating group) is 1. The van der Waals surface area contributed by atoms with Gasteiger partial charge in [-0.3, -0.25) is 4.79 Å². The topological polar surface area (TPSA) is 70.6 Å². The summed E-state index contributed by atoms with van der Waals surface area (Å²) in [6.45, 7) is 4.29. The molecule has 0 saturated carbocycles. The molecule has 0 spiro atoms. The largest absolute Gasteiger partial charge is 0.486 e. The second-order valence-corrected chi connectivity index (χ2v) is 9.69. The predicted molar refractivity (Wildman–Crippen MR) is 143 cm³/mol. The summed E-state index contributed by atoms with van der Waals surface area (Å²) in [4.78, 5) is 26.7. The number of carbonyl (C=O) groups is 1. The minimum absolute atomic E-state index is 0.0461. The maximum absolute atomic E-state index is 13.6. The molecule has 1 aliphatic rings. The number of fused-ring (bicyclic) bond motifs is 1. The molecule has 0 radical (unpaired) electrons. The molecule has 3 heterocycles. The molecule has 1 aliphatic heterocycles. The molecule has 0 saturated heterocycles. The molecular weight excluding hydrogens is 458 g/mol. The van der Waals surface area contributed by atoms with Crippen LogP contribution in [0.1, 0.15) is 60.5 Å². The molecule has 35 heavy (non-hydrogen) atoms. The normalized spacial score (nSPS) is 14.5. The van der Waals surface area contributed by atoms with Gasteiger partial charge in [0.1, 0.15) is 29.1 Å². The van der Waals surface area contributed by atoms with E-state index < -0.39 is 0 Å².